The number of alkyl halides is 2. The third-order valence-corrected chi connectivity index (χ3v) is 12.3. The van der Waals surface area contributed by atoms with Gasteiger partial charge in [-0.15, -0.1) is 0 Å². The van der Waals surface area contributed by atoms with E-state index in [2.05, 4.69) is 0 Å². The fourth-order valence-electron chi connectivity index (χ4n) is 9.95. The highest BCUT2D eigenvalue weighted by atomic mass is 32.2. The van der Waals surface area contributed by atoms with Crippen LogP contribution in [0.25, 0.3) is 0 Å². The average Bonchev–Trinajstić information content (AvgIpc) is 3.58. The first-order valence-corrected chi connectivity index (χ1v) is 18.2. The van der Waals surface area contributed by atoms with Gasteiger partial charge in [-0.1, -0.05) is 12.8 Å². The molecule has 0 aromatic carbocycles. The van der Waals surface area contributed by atoms with Crippen LogP contribution in [0, 0.1) is 17.3 Å². The Bertz CT molecular complexity index is 1240. The molecule has 8 aliphatic rings. The second-order valence-electron chi connectivity index (χ2n) is 15.0. The van der Waals surface area contributed by atoms with Crippen LogP contribution in [0.2, 0.25) is 0 Å². The molecule has 2 spiro atoms. The van der Waals surface area contributed by atoms with Crippen LogP contribution >= 0.6 is 0 Å². The first-order valence-electron chi connectivity index (χ1n) is 16.8. The number of carbonyl (C=O) groups is 2. The summed E-state index contributed by atoms with van der Waals surface area (Å²) in [5.41, 5.74) is -1.74. The Labute approximate surface area is 267 Å². The van der Waals surface area contributed by atoms with Gasteiger partial charge in [0.25, 0.3) is 0 Å². The molecular formula is C31H44F2O12S. The zero-order chi connectivity index (χ0) is 32.4. The Kier molecular flexibility index (Phi) is 8.40. The average molecular weight is 679 g/mol. The van der Waals surface area contributed by atoms with Crippen LogP contribution in [0.1, 0.15) is 103 Å². The number of esters is 1. The number of ether oxygens (including phenoxy) is 7. The van der Waals surface area contributed by atoms with Crippen molar-refractivity contribution in [3.8, 4) is 0 Å². The number of hydrogen-bond donors (Lipinski definition) is 1. The van der Waals surface area contributed by atoms with E-state index in [1.165, 1.54) is 0 Å². The maximum atomic E-state index is 13.9. The molecule has 4 atom stereocenters. The number of halogens is 2. The molecule has 0 radical (unpaired) electrons. The fraction of sp³-hybridized carbons (Fsp3) is 0.935. The van der Waals surface area contributed by atoms with Gasteiger partial charge in [0, 0.05) is 31.1 Å². The second kappa shape index (κ2) is 11.7. The van der Waals surface area contributed by atoms with E-state index >= 15 is 0 Å². The standard InChI is InChI=1S/C31H44F2O12S/c32-31(33,46(36,37)38)25(34)39-19-27-12-20-11-21(13-27)15-28(14-20,18-27)45-26(35)42-24(22-16-40-29(43-22)7-3-1-4-8-29)23-17-41-30(44-23)9-5-2-6-10-30/h20-24H,1-19H2,(H,36,37,38). The predicted molar refractivity (Wildman–Crippen MR) is 152 cm³/mol. The number of rotatable bonds is 8. The highest BCUT2D eigenvalue weighted by Gasteiger charge is 2.62. The van der Waals surface area contributed by atoms with E-state index in [1.54, 1.807) is 0 Å². The van der Waals surface area contributed by atoms with Crippen molar-refractivity contribution in [1.29, 1.82) is 0 Å². The van der Waals surface area contributed by atoms with Crippen LogP contribution in [0.3, 0.4) is 0 Å². The Morgan fingerprint density at radius 1 is 0.848 bits per heavy atom. The van der Waals surface area contributed by atoms with Gasteiger partial charge >= 0.3 is 27.5 Å². The smallest absolute Gasteiger partial charge is 0.460 e. The van der Waals surface area contributed by atoms with E-state index in [9.17, 15) is 26.8 Å². The van der Waals surface area contributed by atoms with E-state index in [1.807, 2.05) is 0 Å². The molecule has 12 nitrogen and oxygen atoms in total. The maximum absolute atomic E-state index is 13.9. The summed E-state index contributed by atoms with van der Waals surface area (Å²) >= 11 is 0. The van der Waals surface area contributed by atoms with Crippen LogP contribution < -0.4 is 0 Å². The van der Waals surface area contributed by atoms with Gasteiger partial charge in [-0.25, -0.2) is 9.59 Å². The number of hydrogen-bond acceptors (Lipinski definition) is 11. The molecule has 8 rings (SSSR count). The monoisotopic (exact) mass is 678 g/mol. The second-order valence-corrected chi connectivity index (χ2v) is 16.5. The van der Waals surface area contributed by atoms with E-state index in [-0.39, 0.29) is 31.5 Å². The van der Waals surface area contributed by atoms with Crippen LogP contribution in [-0.2, 0) is 48.1 Å². The predicted octanol–water partition coefficient (Wildman–Crippen LogP) is 5.02. The summed E-state index contributed by atoms with van der Waals surface area (Å²) in [5, 5.41) is -5.08. The summed E-state index contributed by atoms with van der Waals surface area (Å²) in [6.07, 6.45) is 9.68. The molecule has 2 saturated heterocycles. The lowest BCUT2D eigenvalue weighted by Gasteiger charge is -2.60. The van der Waals surface area contributed by atoms with Crippen molar-refractivity contribution >= 4 is 22.2 Å². The largest absolute Gasteiger partial charge is 0.509 e. The molecule has 2 aliphatic heterocycles. The van der Waals surface area contributed by atoms with Crippen LogP contribution in [0.5, 0.6) is 0 Å². The minimum atomic E-state index is -5.98. The fourth-order valence-corrected chi connectivity index (χ4v) is 10.2. The van der Waals surface area contributed by atoms with Crippen LogP contribution in [0.15, 0.2) is 0 Å². The van der Waals surface area contributed by atoms with Crippen molar-refractivity contribution < 1.29 is 64.5 Å². The molecule has 2 heterocycles. The summed E-state index contributed by atoms with van der Waals surface area (Å²) in [6.45, 7) is 0.00291. The zero-order valence-corrected chi connectivity index (χ0v) is 26.7. The van der Waals surface area contributed by atoms with Crippen LogP contribution in [-0.4, -0.2) is 85.7 Å². The van der Waals surface area contributed by atoms with Gasteiger partial charge in [-0.2, -0.15) is 17.2 Å². The molecule has 8 fully saturated rings. The topological polar surface area (TPSA) is 153 Å². The molecule has 0 aromatic rings. The summed E-state index contributed by atoms with van der Waals surface area (Å²) < 4.78 is 101. The lowest BCUT2D eigenvalue weighted by atomic mass is 9.48. The molecule has 15 heteroatoms. The van der Waals surface area contributed by atoms with Crippen molar-refractivity contribution in [1.82, 2.24) is 0 Å². The Hall–Kier alpha value is -1.65. The van der Waals surface area contributed by atoms with Crippen LogP contribution in [0.4, 0.5) is 13.6 Å². The van der Waals surface area contributed by atoms with Crippen molar-refractivity contribution in [3.63, 3.8) is 0 Å². The maximum Gasteiger partial charge on any atom is 0.509 e. The molecule has 0 amide bonds. The Morgan fingerprint density at radius 3 is 1.87 bits per heavy atom. The van der Waals surface area contributed by atoms with Gasteiger partial charge in [0.2, 0.25) is 0 Å². The van der Waals surface area contributed by atoms with Crippen molar-refractivity contribution in [2.24, 2.45) is 17.3 Å². The van der Waals surface area contributed by atoms with E-state index in [4.69, 9.17) is 37.7 Å². The lowest BCUT2D eigenvalue weighted by molar-refractivity contribution is -0.225. The summed E-state index contributed by atoms with van der Waals surface area (Å²) in [5.74, 6) is -3.53. The molecule has 6 aliphatic carbocycles. The van der Waals surface area contributed by atoms with Gasteiger partial charge in [-0.3, -0.25) is 4.55 Å². The summed E-state index contributed by atoms with van der Waals surface area (Å²) in [6, 6.07) is 0. The quantitative estimate of drug-likeness (QED) is 0.271. The molecule has 1 N–H and O–H groups in total. The minimum absolute atomic E-state index is 0.0982. The third kappa shape index (κ3) is 6.17. The lowest BCUT2D eigenvalue weighted by Crippen LogP contribution is -2.59. The van der Waals surface area contributed by atoms with Crippen molar-refractivity contribution in [2.45, 2.75) is 143 Å². The molecule has 6 saturated carbocycles. The molecule has 0 aromatic heterocycles. The normalized spacial score (nSPS) is 38.6. The SMILES string of the molecule is O=C(OC(C1COC2(CCCCC2)O1)C1COC2(CCCCC2)O1)OC12CC3CC(CC(COC(=O)C(F)(F)S(=O)(=O)O)(C3)C1)C2. The van der Waals surface area contributed by atoms with Gasteiger partial charge in [-0.05, 0) is 76.0 Å². The summed E-state index contributed by atoms with van der Waals surface area (Å²) in [4.78, 5) is 25.7. The van der Waals surface area contributed by atoms with Gasteiger partial charge in [0.05, 0.1) is 19.8 Å². The Morgan fingerprint density at radius 2 is 1.37 bits per heavy atom. The third-order valence-electron chi connectivity index (χ3n) is 11.4. The number of carbonyl (C=O) groups excluding carboxylic acids is 2. The molecule has 4 unspecified atom stereocenters. The van der Waals surface area contributed by atoms with E-state index in [0.717, 1.165) is 70.6 Å². The van der Waals surface area contributed by atoms with E-state index < -0.39 is 75.0 Å². The molecule has 4 bridgehead atoms. The van der Waals surface area contributed by atoms with Crippen molar-refractivity contribution in [3.05, 3.63) is 0 Å². The first-order chi connectivity index (χ1) is 21.7. The van der Waals surface area contributed by atoms with E-state index in [0.29, 0.717) is 25.7 Å². The molecule has 260 valence electrons. The summed E-state index contributed by atoms with van der Waals surface area (Å²) in [7, 11) is -5.98. The zero-order valence-electron chi connectivity index (χ0n) is 25.9. The highest BCUT2D eigenvalue weighted by molar-refractivity contribution is 7.87. The van der Waals surface area contributed by atoms with Crippen molar-refractivity contribution in [2.75, 3.05) is 19.8 Å². The first kappa shape index (κ1) is 32.9. The van der Waals surface area contributed by atoms with Gasteiger partial charge in [0.1, 0.15) is 17.8 Å². The molecular weight excluding hydrogens is 634 g/mol. The van der Waals surface area contributed by atoms with Gasteiger partial charge < -0.3 is 33.2 Å². The minimum Gasteiger partial charge on any atom is -0.460 e. The highest BCUT2D eigenvalue weighted by Crippen LogP contribution is 2.63. The molecule has 46 heavy (non-hydrogen) atoms. The Balaban J connectivity index is 1.05. The van der Waals surface area contributed by atoms with Gasteiger partial charge in [0.15, 0.2) is 17.7 Å².